The van der Waals surface area contributed by atoms with Gasteiger partial charge in [0, 0.05) is 18.5 Å². The van der Waals surface area contributed by atoms with Crippen LogP contribution >= 0.6 is 11.3 Å². The van der Waals surface area contributed by atoms with Crippen LogP contribution in [0.4, 0.5) is 0 Å². The highest BCUT2D eigenvalue weighted by atomic mass is 32.1. The van der Waals surface area contributed by atoms with E-state index in [-0.39, 0.29) is 5.54 Å². The number of nitrogens with one attached hydrogen (secondary N) is 1. The van der Waals surface area contributed by atoms with Crippen LogP contribution in [0.2, 0.25) is 0 Å². The van der Waals surface area contributed by atoms with E-state index in [2.05, 4.69) is 33.0 Å². The molecule has 1 aromatic heterocycles. The van der Waals surface area contributed by atoms with Gasteiger partial charge in [-0.15, -0.1) is 11.3 Å². The van der Waals surface area contributed by atoms with E-state index in [1.54, 1.807) is 7.11 Å². The molecular weight excluding hydrogens is 232 g/mol. The second kappa shape index (κ2) is 6.47. The van der Waals surface area contributed by atoms with Crippen LogP contribution in [0.3, 0.4) is 0 Å². The molecule has 0 aliphatic heterocycles. The highest BCUT2D eigenvalue weighted by Crippen LogP contribution is 2.33. The summed E-state index contributed by atoms with van der Waals surface area (Å²) in [4.78, 5) is 6.04. The molecule has 98 valence electrons. The number of ether oxygens (including phenoxy) is 1. The standard InChI is InChI=1S/C13H24N2OS/c1-6-13(7-2,14-8-9-16-5)12-15-10(3)11(4)17-12/h14H,6-9H2,1-5H3. The second-order valence-electron chi connectivity index (χ2n) is 4.37. The molecular formula is C13H24N2OS. The lowest BCUT2D eigenvalue weighted by molar-refractivity contribution is 0.180. The van der Waals surface area contributed by atoms with Crippen LogP contribution < -0.4 is 5.32 Å². The average molecular weight is 256 g/mol. The molecule has 4 heteroatoms. The molecule has 0 bridgehead atoms. The summed E-state index contributed by atoms with van der Waals surface area (Å²) in [6, 6.07) is 0. The van der Waals surface area contributed by atoms with Crippen molar-refractivity contribution in [1.29, 1.82) is 0 Å². The molecule has 0 aliphatic carbocycles. The van der Waals surface area contributed by atoms with Crippen LogP contribution in [0.5, 0.6) is 0 Å². The number of nitrogens with zero attached hydrogens (tertiary/aromatic N) is 1. The molecule has 0 aliphatic rings. The minimum absolute atomic E-state index is 0.0161. The van der Waals surface area contributed by atoms with E-state index in [1.165, 1.54) is 9.88 Å². The predicted molar refractivity (Wildman–Crippen MR) is 73.7 cm³/mol. The molecule has 3 nitrogen and oxygen atoms in total. The van der Waals surface area contributed by atoms with Gasteiger partial charge in [-0.1, -0.05) is 13.8 Å². The van der Waals surface area contributed by atoms with Gasteiger partial charge in [-0.2, -0.15) is 0 Å². The van der Waals surface area contributed by atoms with Gasteiger partial charge in [-0.3, -0.25) is 0 Å². The first-order valence-electron chi connectivity index (χ1n) is 6.28. The molecule has 0 amide bonds. The summed E-state index contributed by atoms with van der Waals surface area (Å²) >= 11 is 1.81. The third-order valence-corrected chi connectivity index (χ3v) is 4.69. The van der Waals surface area contributed by atoms with Crippen LogP contribution in [0.1, 0.15) is 42.3 Å². The third-order valence-electron chi connectivity index (χ3n) is 3.41. The van der Waals surface area contributed by atoms with Gasteiger partial charge < -0.3 is 10.1 Å². The Morgan fingerprint density at radius 1 is 1.29 bits per heavy atom. The molecule has 0 saturated heterocycles. The normalized spacial score (nSPS) is 12.1. The van der Waals surface area contributed by atoms with Crippen molar-refractivity contribution in [3.63, 3.8) is 0 Å². The van der Waals surface area contributed by atoms with E-state index in [4.69, 9.17) is 9.72 Å². The Morgan fingerprint density at radius 2 is 1.94 bits per heavy atom. The molecule has 17 heavy (non-hydrogen) atoms. The van der Waals surface area contributed by atoms with E-state index >= 15 is 0 Å². The molecule has 0 spiro atoms. The minimum Gasteiger partial charge on any atom is -0.383 e. The quantitative estimate of drug-likeness (QED) is 0.762. The van der Waals surface area contributed by atoms with Crippen LogP contribution in [0, 0.1) is 13.8 Å². The number of aryl methyl sites for hydroxylation is 2. The van der Waals surface area contributed by atoms with Crippen LogP contribution in [-0.2, 0) is 10.3 Å². The minimum atomic E-state index is 0.0161. The van der Waals surface area contributed by atoms with Gasteiger partial charge in [0.25, 0.3) is 0 Å². The van der Waals surface area contributed by atoms with Crippen LogP contribution in [-0.4, -0.2) is 25.2 Å². The summed E-state index contributed by atoms with van der Waals surface area (Å²) in [6.07, 6.45) is 2.11. The highest BCUT2D eigenvalue weighted by Gasteiger charge is 2.31. The summed E-state index contributed by atoms with van der Waals surface area (Å²) in [5.41, 5.74) is 1.17. The summed E-state index contributed by atoms with van der Waals surface area (Å²) in [7, 11) is 1.74. The Bertz CT molecular complexity index is 326. The van der Waals surface area contributed by atoms with Crippen molar-refractivity contribution in [2.24, 2.45) is 0 Å². The molecule has 0 radical (unpaired) electrons. The lowest BCUT2D eigenvalue weighted by atomic mass is 9.93. The summed E-state index contributed by atoms with van der Waals surface area (Å²) < 4.78 is 5.11. The molecule has 0 aromatic carbocycles. The van der Waals surface area contributed by atoms with Gasteiger partial charge in [-0.05, 0) is 26.7 Å². The molecule has 0 unspecified atom stereocenters. The van der Waals surface area contributed by atoms with Crippen LogP contribution in [0.25, 0.3) is 0 Å². The molecule has 1 aromatic rings. The second-order valence-corrected chi connectivity index (χ2v) is 5.57. The smallest absolute Gasteiger partial charge is 0.113 e. The molecule has 0 saturated carbocycles. The van der Waals surface area contributed by atoms with E-state index in [9.17, 15) is 0 Å². The van der Waals surface area contributed by atoms with Gasteiger partial charge >= 0.3 is 0 Å². The lowest BCUT2D eigenvalue weighted by Crippen LogP contribution is -2.43. The first-order chi connectivity index (χ1) is 8.09. The fourth-order valence-electron chi connectivity index (χ4n) is 1.95. The number of hydrogen-bond donors (Lipinski definition) is 1. The predicted octanol–water partition coefficient (Wildman–Crippen LogP) is 3.01. The Hall–Kier alpha value is -0.450. The Labute approximate surface area is 109 Å². The lowest BCUT2D eigenvalue weighted by Gasteiger charge is -2.31. The first-order valence-corrected chi connectivity index (χ1v) is 7.09. The number of hydrogen-bond acceptors (Lipinski definition) is 4. The Kier molecular flexibility index (Phi) is 5.56. The number of methoxy groups -OCH3 is 1. The van der Waals surface area contributed by atoms with Crippen molar-refractivity contribution in [3.05, 3.63) is 15.6 Å². The van der Waals surface area contributed by atoms with Crippen LogP contribution in [0.15, 0.2) is 0 Å². The van der Waals surface area contributed by atoms with E-state index in [1.807, 2.05) is 11.3 Å². The fourth-order valence-corrected chi connectivity index (χ4v) is 3.17. The maximum atomic E-state index is 5.11. The van der Waals surface area contributed by atoms with Crippen molar-refractivity contribution >= 4 is 11.3 Å². The van der Waals surface area contributed by atoms with Gasteiger partial charge in [-0.25, -0.2) is 4.98 Å². The Balaban J connectivity index is 2.89. The fraction of sp³-hybridized carbons (Fsp3) is 0.769. The van der Waals surface area contributed by atoms with Gasteiger partial charge in [0.2, 0.25) is 0 Å². The topological polar surface area (TPSA) is 34.1 Å². The molecule has 1 rings (SSSR count). The summed E-state index contributed by atoms with van der Waals surface area (Å²) in [6.45, 7) is 10.3. The third kappa shape index (κ3) is 3.27. The molecule has 0 atom stereocenters. The SMILES string of the molecule is CCC(CC)(NCCOC)c1nc(C)c(C)s1. The average Bonchev–Trinajstić information content (AvgIpc) is 2.66. The summed E-state index contributed by atoms with van der Waals surface area (Å²) in [5.74, 6) is 0. The van der Waals surface area contributed by atoms with Gasteiger partial charge in [0.15, 0.2) is 0 Å². The monoisotopic (exact) mass is 256 g/mol. The largest absolute Gasteiger partial charge is 0.383 e. The van der Waals surface area contributed by atoms with Crippen molar-refractivity contribution in [3.8, 4) is 0 Å². The van der Waals surface area contributed by atoms with Crippen molar-refractivity contribution in [2.75, 3.05) is 20.3 Å². The van der Waals surface area contributed by atoms with Gasteiger partial charge in [0.05, 0.1) is 17.8 Å². The number of aromatic nitrogens is 1. The number of rotatable bonds is 7. The first kappa shape index (κ1) is 14.6. The zero-order valence-electron chi connectivity index (χ0n) is 11.6. The van der Waals surface area contributed by atoms with Crippen molar-refractivity contribution in [2.45, 2.75) is 46.1 Å². The zero-order valence-corrected chi connectivity index (χ0v) is 12.4. The number of thiazole rings is 1. The van der Waals surface area contributed by atoms with E-state index in [0.29, 0.717) is 0 Å². The van der Waals surface area contributed by atoms with E-state index in [0.717, 1.165) is 31.7 Å². The van der Waals surface area contributed by atoms with Crippen molar-refractivity contribution in [1.82, 2.24) is 10.3 Å². The molecule has 0 fully saturated rings. The molecule has 1 N–H and O–H groups in total. The maximum Gasteiger partial charge on any atom is 0.113 e. The van der Waals surface area contributed by atoms with E-state index < -0.39 is 0 Å². The molecule has 1 heterocycles. The highest BCUT2D eigenvalue weighted by molar-refractivity contribution is 7.11. The Morgan fingerprint density at radius 3 is 2.35 bits per heavy atom. The zero-order chi connectivity index (χ0) is 12.9. The van der Waals surface area contributed by atoms with Crippen molar-refractivity contribution < 1.29 is 4.74 Å². The van der Waals surface area contributed by atoms with Gasteiger partial charge in [0.1, 0.15) is 5.01 Å². The maximum absolute atomic E-state index is 5.11. The summed E-state index contributed by atoms with van der Waals surface area (Å²) in [5, 5.41) is 4.83.